The zero-order valence-corrected chi connectivity index (χ0v) is 50.0. The van der Waals surface area contributed by atoms with Gasteiger partial charge >= 0.3 is 17.9 Å². The van der Waals surface area contributed by atoms with Crippen LogP contribution in [0.1, 0.15) is 310 Å². The minimum absolute atomic E-state index is 0.108. The first-order valence-corrected chi connectivity index (χ1v) is 32.2. The molecule has 0 saturated carbocycles. The molecule has 6 nitrogen and oxygen atoms in total. The average molecular weight is 1060 g/mol. The van der Waals surface area contributed by atoms with Crippen molar-refractivity contribution in [3.63, 3.8) is 0 Å². The van der Waals surface area contributed by atoms with E-state index in [4.69, 9.17) is 14.2 Å². The first-order chi connectivity index (χ1) is 37.5. The van der Waals surface area contributed by atoms with Gasteiger partial charge in [0.1, 0.15) is 13.2 Å². The van der Waals surface area contributed by atoms with Crippen molar-refractivity contribution >= 4 is 17.9 Å². The quantitative estimate of drug-likeness (QED) is 0.0261. The lowest BCUT2D eigenvalue weighted by molar-refractivity contribution is -0.166. The van der Waals surface area contributed by atoms with Crippen molar-refractivity contribution in [3.8, 4) is 0 Å². The molecule has 1 unspecified atom stereocenters. The Hall–Kier alpha value is -3.67. The standard InChI is InChI=1S/C70H120O6/c1-4-7-10-13-16-19-22-25-28-31-33-34-35-37-39-42-45-48-51-54-57-60-63-69(72)75-66-67(65-74-68(71)62-59-56-53-50-47-44-41-38-30-27-24-21-18-15-12-9-6-3)76-70(73)64-61-58-55-52-49-46-43-40-36-32-29-26-23-20-17-14-11-8-5-2/h8,11,17-18,20-21,26-27,29-30,36,40,46,49,55,58,67H,4-7,9-10,12-16,19,22-25,28,31-35,37-39,41-45,47-48,50-54,56-57,59-66H2,1-3H3/b11-8-,20-17-,21-18-,29-26-,30-27-,40-36-,49-46-,58-55-. The highest BCUT2D eigenvalue weighted by molar-refractivity contribution is 5.71. The first-order valence-electron chi connectivity index (χ1n) is 32.2. The van der Waals surface area contributed by atoms with Gasteiger partial charge in [-0.05, 0) is 89.9 Å². The molecule has 0 aliphatic rings. The fourth-order valence-corrected chi connectivity index (χ4v) is 9.03. The van der Waals surface area contributed by atoms with Gasteiger partial charge in [0.2, 0.25) is 0 Å². The maximum Gasteiger partial charge on any atom is 0.306 e. The SMILES string of the molecule is CC/C=C\C/C=C\C/C=C\C/C=C\C/C=C\C/C=C\CCC(=O)OC(COC(=O)CCCCCCCCC/C=C\C/C=C\CCCCC)COC(=O)CCCCCCCCCCCCCCCCCCCCCCCC. The minimum atomic E-state index is -0.822. The lowest BCUT2D eigenvalue weighted by Gasteiger charge is -2.18. The number of hydrogen-bond donors (Lipinski definition) is 0. The average Bonchev–Trinajstić information content (AvgIpc) is 3.42. The molecule has 6 heteroatoms. The van der Waals surface area contributed by atoms with E-state index in [9.17, 15) is 14.4 Å². The van der Waals surface area contributed by atoms with Crippen molar-refractivity contribution in [2.75, 3.05) is 13.2 Å². The second-order valence-electron chi connectivity index (χ2n) is 21.3. The van der Waals surface area contributed by atoms with E-state index in [0.29, 0.717) is 19.3 Å². The van der Waals surface area contributed by atoms with E-state index < -0.39 is 12.1 Å². The zero-order chi connectivity index (χ0) is 55.0. The Balaban J connectivity index is 4.45. The Kier molecular flexibility index (Phi) is 60.8. The second kappa shape index (κ2) is 63.9. The molecule has 436 valence electrons. The molecule has 0 saturated heterocycles. The Morgan fingerprint density at radius 2 is 0.539 bits per heavy atom. The Labute approximate surface area is 470 Å². The summed E-state index contributed by atoms with van der Waals surface area (Å²) in [5.41, 5.74) is 0. The Morgan fingerprint density at radius 3 is 0.882 bits per heavy atom. The normalized spacial score (nSPS) is 12.7. The molecule has 0 aromatic rings. The van der Waals surface area contributed by atoms with Gasteiger partial charge in [0.25, 0.3) is 0 Å². The lowest BCUT2D eigenvalue weighted by Crippen LogP contribution is -2.30. The van der Waals surface area contributed by atoms with Crippen LogP contribution in [0.5, 0.6) is 0 Å². The van der Waals surface area contributed by atoms with Gasteiger partial charge in [-0.15, -0.1) is 0 Å². The number of carbonyl (C=O) groups excluding carboxylic acids is 3. The summed E-state index contributed by atoms with van der Waals surface area (Å²) >= 11 is 0. The highest BCUT2D eigenvalue weighted by Crippen LogP contribution is 2.17. The topological polar surface area (TPSA) is 78.9 Å². The summed E-state index contributed by atoms with van der Waals surface area (Å²) in [7, 11) is 0. The highest BCUT2D eigenvalue weighted by atomic mass is 16.6. The van der Waals surface area contributed by atoms with Gasteiger partial charge in [-0.25, -0.2) is 0 Å². The number of ether oxygens (including phenoxy) is 3. The summed E-state index contributed by atoms with van der Waals surface area (Å²) in [6, 6.07) is 0. The summed E-state index contributed by atoms with van der Waals surface area (Å²) < 4.78 is 16.9. The fourth-order valence-electron chi connectivity index (χ4n) is 9.03. The molecule has 0 amide bonds. The van der Waals surface area contributed by atoms with Crippen LogP contribution in [0.2, 0.25) is 0 Å². The maximum absolute atomic E-state index is 12.9. The molecular formula is C70H120O6. The van der Waals surface area contributed by atoms with E-state index >= 15 is 0 Å². The van der Waals surface area contributed by atoms with Crippen molar-refractivity contribution in [1.29, 1.82) is 0 Å². The summed E-state index contributed by atoms with van der Waals surface area (Å²) in [5, 5.41) is 0. The molecule has 0 spiro atoms. The largest absolute Gasteiger partial charge is 0.462 e. The number of hydrogen-bond acceptors (Lipinski definition) is 6. The van der Waals surface area contributed by atoms with E-state index in [-0.39, 0.29) is 31.6 Å². The molecule has 0 rings (SSSR count). The van der Waals surface area contributed by atoms with Crippen LogP contribution in [0.3, 0.4) is 0 Å². The van der Waals surface area contributed by atoms with Crippen LogP contribution in [0.15, 0.2) is 97.2 Å². The van der Waals surface area contributed by atoms with Crippen LogP contribution in [0.25, 0.3) is 0 Å². The molecule has 0 aromatic carbocycles. The number of allylic oxidation sites excluding steroid dienone is 16. The van der Waals surface area contributed by atoms with E-state index in [1.165, 1.54) is 173 Å². The smallest absolute Gasteiger partial charge is 0.306 e. The fraction of sp³-hybridized carbons (Fsp3) is 0.729. The van der Waals surface area contributed by atoms with Crippen LogP contribution in [-0.4, -0.2) is 37.2 Å². The second-order valence-corrected chi connectivity index (χ2v) is 21.3. The number of rotatable bonds is 58. The third-order valence-corrected chi connectivity index (χ3v) is 13.8. The van der Waals surface area contributed by atoms with Crippen molar-refractivity contribution in [3.05, 3.63) is 97.2 Å². The third kappa shape index (κ3) is 61.2. The zero-order valence-electron chi connectivity index (χ0n) is 50.0. The summed E-state index contributed by atoms with van der Waals surface area (Å²) in [4.78, 5) is 38.3. The van der Waals surface area contributed by atoms with E-state index in [0.717, 1.165) is 89.9 Å². The molecule has 0 aliphatic heterocycles. The van der Waals surface area contributed by atoms with Gasteiger partial charge in [-0.1, -0.05) is 298 Å². The van der Waals surface area contributed by atoms with E-state index in [1.54, 1.807) is 0 Å². The lowest BCUT2D eigenvalue weighted by atomic mass is 10.0. The molecular weight excluding hydrogens is 937 g/mol. The van der Waals surface area contributed by atoms with E-state index in [2.05, 4.69) is 112 Å². The molecule has 76 heavy (non-hydrogen) atoms. The van der Waals surface area contributed by atoms with Gasteiger partial charge in [0.15, 0.2) is 6.10 Å². The minimum Gasteiger partial charge on any atom is -0.462 e. The van der Waals surface area contributed by atoms with Crippen LogP contribution < -0.4 is 0 Å². The predicted octanol–water partition coefficient (Wildman–Crippen LogP) is 22.0. The van der Waals surface area contributed by atoms with Crippen molar-refractivity contribution < 1.29 is 28.6 Å². The summed E-state index contributed by atoms with van der Waals surface area (Å²) in [5.74, 6) is -0.990. The van der Waals surface area contributed by atoms with Gasteiger partial charge in [-0.3, -0.25) is 14.4 Å². The van der Waals surface area contributed by atoms with Crippen LogP contribution in [-0.2, 0) is 28.6 Å². The molecule has 1 atom stereocenters. The summed E-state index contributed by atoms with van der Waals surface area (Å²) in [6.45, 7) is 6.47. The monoisotopic (exact) mass is 1060 g/mol. The van der Waals surface area contributed by atoms with Crippen molar-refractivity contribution in [2.24, 2.45) is 0 Å². The molecule has 0 bridgehead atoms. The van der Waals surface area contributed by atoms with Crippen molar-refractivity contribution in [2.45, 2.75) is 316 Å². The molecule has 0 N–H and O–H groups in total. The molecule has 0 aliphatic carbocycles. The van der Waals surface area contributed by atoms with Gasteiger partial charge < -0.3 is 14.2 Å². The summed E-state index contributed by atoms with van der Waals surface area (Å²) in [6.07, 6.45) is 85.7. The Bertz CT molecular complexity index is 1490. The number of unbranched alkanes of at least 4 members (excludes halogenated alkanes) is 31. The molecule has 0 aromatic heterocycles. The van der Waals surface area contributed by atoms with E-state index in [1.807, 2.05) is 6.08 Å². The van der Waals surface area contributed by atoms with Crippen molar-refractivity contribution in [1.82, 2.24) is 0 Å². The Morgan fingerprint density at radius 1 is 0.276 bits per heavy atom. The third-order valence-electron chi connectivity index (χ3n) is 13.8. The van der Waals surface area contributed by atoms with Crippen LogP contribution in [0.4, 0.5) is 0 Å². The highest BCUT2D eigenvalue weighted by Gasteiger charge is 2.19. The van der Waals surface area contributed by atoms with Crippen LogP contribution >= 0.6 is 0 Å². The number of esters is 3. The first kappa shape index (κ1) is 72.3. The predicted molar refractivity (Wildman–Crippen MR) is 330 cm³/mol. The van der Waals surface area contributed by atoms with Gasteiger partial charge in [0.05, 0.1) is 0 Å². The maximum atomic E-state index is 12.9. The van der Waals surface area contributed by atoms with Crippen LogP contribution in [0, 0.1) is 0 Å². The molecule has 0 heterocycles. The molecule has 0 radical (unpaired) electrons. The number of carbonyl (C=O) groups is 3. The molecule has 0 fully saturated rings. The van der Waals surface area contributed by atoms with Gasteiger partial charge in [-0.2, -0.15) is 0 Å². The van der Waals surface area contributed by atoms with Gasteiger partial charge in [0, 0.05) is 19.3 Å².